The Kier molecular flexibility index (Phi) is 23.9. The molecule has 28 nitrogen and oxygen atoms in total. The Labute approximate surface area is 408 Å². The van der Waals surface area contributed by atoms with Gasteiger partial charge in [-0.1, -0.05) is 39.8 Å². The smallest absolute Gasteiger partial charge is 0.539 e. The molecule has 0 saturated carbocycles. The first-order chi connectivity index (χ1) is 33.1. The molecular formula is C42H63N12O16P. The van der Waals surface area contributed by atoms with Gasteiger partial charge in [0.1, 0.15) is 48.3 Å². The normalized spacial score (nSPS) is 16.3. The molecule has 12 amide bonds. The number of aliphatic hydroxyl groups is 1. The highest BCUT2D eigenvalue weighted by atomic mass is 31.1. The zero-order valence-electron chi connectivity index (χ0n) is 39.7. The average molecular weight is 1020 g/mol. The van der Waals surface area contributed by atoms with Crippen molar-refractivity contribution in [1.82, 2.24) is 42.1 Å². The number of aliphatic hydroxyl groups excluding tert-OH is 1. The molecule has 0 aromatic heterocycles. The Bertz CT molecular complexity index is 2180. The fourth-order valence-electron chi connectivity index (χ4n) is 7.13. The van der Waals surface area contributed by atoms with Gasteiger partial charge >= 0.3 is 8.25 Å². The van der Waals surface area contributed by atoms with E-state index in [1.807, 2.05) is 0 Å². The SMILES string of the molecule is CC(=O)N1CCC[C@H]1C(=O)N[C@@H](CO)C(=O)N[C@@H](Cc1ccc(O[P+](=O)[O-])cc1)C(=O)N[C@H](C(=O)N[C@@H](CC(N)=O)C(=O)N[C@H](C(=O)N[C@@H](CCC(N)=O)C(=O)N[C@@H](CC(N)=O)C(N)=O)C(C)C)C(C)C. The highest BCUT2D eigenvalue weighted by Crippen LogP contribution is 2.21. The summed E-state index contributed by atoms with van der Waals surface area (Å²) in [6.45, 7) is 6.57. The fraction of sp³-hybridized carbons (Fsp3) is 0.571. The van der Waals surface area contributed by atoms with E-state index >= 15 is 0 Å². The monoisotopic (exact) mass is 1020 g/mol. The molecule has 1 saturated heterocycles. The lowest BCUT2D eigenvalue weighted by molar-refractivity contribution is -0.178. The Morgan fingerprint density at radius 3 is 1.59 bits per heavy atom. The Morgan fingerprint density at radius 2 is 1.13 bits per heavy atom. The van der Waals surface area contributed by atoms with Gasteiger partial charge in [0, 0.05) is 26.3 Å². The van der Waals surface area contributed by atoms with Crippen LogP contribution in [0.25, 0.3) is 0 Å². The van der Waals surface area contributed by atoms with Crippen LogP contribution in [0.4, 0.5) is 0 Å². The summed E-state index contributed by atoms with van der Waals surface area (Å²) in [7, 11) is -3.27. The van der Waals surface area contributed by atoms with Crippen LogP contribution in [0.15, 0.2) is 24.3 Å². The predicted octanol–water partition coefficient (Wildman–Crippen LogP) is -6.16. The van der Waals surface area contributed by atoms with Gasteiger partial charge in [-0.05, 0) is 53.4 Å². The maximum absolute atomic E-state index is 14.1. The number of rotatable bonds is 29. The van der Waals surface area contributed by atoms with Crippen LogP contribution >= 0.6 is 8.25 Å². The van der Waals surface area contributed by atoms with E-state index in [0.717, 1.165) is 0 Å². The number of amides is 12. The standard InChI is InChI=1S/C42H63N12O16P/c1-19(2)33(41(66)47-24(12-13-30(43)57)36(61)48-25(35(46)60)16-31(44)58)53-38(63)27(17-32(45)59)50-42(67)34(20(3)4)52-37(62)26(15-22-8-10-23(11-9-22)70-71(68)69)49-39(64)28(18-55)51-40(65)29-7-6-14-54(29)21(5)56/h8-11,19-20,24-29,33-34,55H,6-7,12-18H2,1-5H3,(H2,43,57)(H2,44,58)(H2,45,59)(H2,46,60)(H,47,66)(H,48,61)(H,49,64)(H,50,67)(H,51,65)(H,52,62)(H,53,63)/t24-,25-,26-,27-,28-,29-,33-,34-/m0/s1. The zero-order chi connectivity index (χ0) is 53.9. The maximum atomic E-state index is 14.1. The van der Waals surface area contributed by atoms with Crippen molar-refractivity contribution in [3.8, 4) is 5.75 Å². The Balaban J connectivity index is 2.41. The molecule has 1 fully saturated rings. The van der Waals surface area contributed by atoms with E-state index in [-0.39, 0.29) is 24.5 Å². The number of nitrogens with zero attached hydrogens (tertiary/aromatic N) is 1. The summed E-state index contributed by atoms with van der Waals surface area (Å²) in [6, 6.07) is -6.95. The molecule has 29 heteroatoms. The molecule has 1 aliphatic rings. The number of carbonyl (C=O) groups is 12. The minimum absolute atomic E-state index is 0.0822. The number of hydrogen-bond donors (Lipinski definition) is 12. The molecule has 2 rings (SSSR count). The second kappa shape index (κ2) is 28.4. The van der Waals surface area contributed by atoms with Crippen molar-refractivity contribution < 1.29 is 76.6 Å². The number of likely N-dealkylation sites (tertiary alicyclic amines) is 1. The molecule has 0 aliphatic carbocycles. The molecule has 1 heterocycles. The maximum Gasteiger partial charge on any atom is 0.539 e. The highest BCUT2D eigenvalue weighted by molar-refractivity contribution is 7.31. The Hall–Kier alpha value is -7.32. The van der Waals surface area contributed by atoms with Crippen LogP contribution in [-0.2, 0) is 68.5 Å². The minimum atomic E-state index is -3.27. The fourth-order valence-corrected chi connectivity index (χ4v) is 7.42. The van der Waals surface area contributed by atoms with Crippen molar-refractivity contribution in [2.75, 3.05) is 13.2 Å². The van der Waals surface area contributed by atoms with Gasteiger partial charge in [0.05, 0.1) is 19.4 Å². The first-order valence-electron chi connectivity index (χ1n) is 22.2. The molecule has 1 aliphatic heterocycles. The zero-order valence-corrected chi connectivity index (χ0v) is 40.6. The van der Waals surface area contributed by atoms with Crippen molar-refractivity contribution in [3.05, 3.63) is 29.8 Å². The minimum Gasteiger partial charge on any atom is -0.558 e. The van der Waals surface area contributed by atoms with E-state index in [1.165, 1.54) is 63.8 Å². The van der Waals surface area contributed by atoms with Gasteiger partial charge in [-0.3, -0.25) is 62.1 Å². The summed E-state index contributed by atoms with van der Waals surface area (Å²) < 4.78 is 15.7. The van der Waals surface area contributed by atoms with Crippen molar-refractivity contribution >= 4 is 79.1 Å². The highest BCUT2D eigenvalue weighted by Gasteiger charge is 2.38. The predicted molar refractivity (Wildman–Crippen MR) is 244 cm³/mol. The largest absolute Gasteiger partial charge is 0.558 e. The first-order valence-corrected chi connectivity index (χ1v) is 23.3. The topological polar surface area (TPSA) is 466 Å². The lowest BCUT2D eigenvalue weighted by Gasteiger charge is -2.29. The third kappa shape index (κ3) is 19.9. The van der Waals surface area contributed by atoms with Gasteiger partial charge in [-0.15, -0.1) is 0 Å². The number of hydrogen-bond acceptors (Lipinski definition) is 16. The van der Waals surface area contributed by atoms with E-state index in [4.69, 9.17) is 22.9 Å². The van der Waals surface area contributed by atoms with E-state index in [0.29, 0.717) is 18.5 Å². The average Bonchev–Trinajstić information content (AvgIpc) is 3.78. The quantitative estimate of drug-likeness (QED) is 0.0332. The molecule has 1 unspecified atom stereocenters. The van der Waals surface area contributed by atoms with Crippen molar-refractivity contribution in [1.29, 1.82) is 0 Å². The van der Waals surface area contributed by atoms with Gasteiger partial charge in [-0.25, -0.2) is 0 Å². The number of carbonyl (C=O) groups excluding carboxylic acids is 12. The third-order valence-corrected chi connectivity index (χ3v) is 11.2. The lowest BCUT2D eigenvalue weighted by atomic mass is 9.99. The molecule has 71 heavy (non-hydrogen) atoms. The van der Waals surface area contributed by atoms with Crippen LogP contribution in [0.2, 0.25) is 0 Å². The lowest BCUT2D eigenvalue weighted by Crippen LogP contribution is -2.62. The molecule has 1 aromatic rings. The van der Waals surface area contributed by atoms with Crippen LogP contribution in [0, 0.1) is 11.8 Å². The number of nitrogens with two attached hydrogens (primary N) is 4. The molecule has 9 atom stereocenters. The Morgan fingerprint density at radius 1 is 0.662 bits per heavy atom. The van der Waals surface area contributed by atoms with E-state index in [1.54, 1.807) is 0 Å². The molecule has 0 radical (unpaired) electrons. The van der Waals surface area contributed by atoms with Crippen molar-refractivity contribution in [3.63, 3.8) is 0 Å². The van der Waals surface area contributed by atoms with E-state index in [9.17, 15) is 72.1 Å². The summed E-state index contributed by atoms with van der Waals surface area (Å²) in [6.07, 6.45) is -1.98. The van der Waals surface area contributed by atoms with E-state index in [2.05, 4.69) is 41.7 Å². The molecule has 0 spiro atoms. The van der Waals surface area contributed by atoms with Crippen molar-refractivity contribution in [2.45, 2.75) is 128 Å². The van der Waals surface area contributed by atoms with Gasteiger partial charge in [0.15, 0.2) is 5.75 Å². The van der Waals surface area contributed by atoms with Crippen LogP contribution in [0.1, 0.15) is 78.7 Å². The van der Waals surface area contributed by atoms with Gasteiger partial charge in [-0.2, -0.15) is 0 Å². The van der Waals surface area contributed by atoms with E-state index < -0.39 is 166 Å². The molecule has 0 bridgehead atoms. The van der Waals surface area contributed by atoms with Crippen molar-refractivity contribution in [2.24, 2.45) is 34.8 Å². The molecule has 16 N–H and O–H groups in total. The van der Waals surface area contributed by atoms with Gasteiger partial charge < -0.3 is 75.1 Å². The summed E-state index contributed by atoms with van der Waals surface area (Å²) in [4.78, 5) is 167. The van der Waals surface area contributed by atoms with Crippen LogP contribution in [-0.4, -0.2) is 142 Å². The first kappa shape index (κ1) is 59.8. The van der Waals surface area contributed by atoms with Crippen LogP contribution in [0.3, 0.4) is 0 Å². The third-order valence-electron chi connectivity index (χ3n) is 10.9. The summed E-state index contributed by atoms with van der Waals surface area (Å²) in [5, 5.41) is 26.7. The second-order valence-corrected chi connectivity index (χ2v) is 17.9. The number of nitrogens with one attached hydrogen (secondary N) is 7. The summed E-state index contributed by atoms with van der Waals surface area (Å²) in [5.41, 5.74) is 21.4. The van der Waals surface area contributed by atoms with Gasteiger partial charge in [0.25, 0.3) is 0 Å². The second-order valence-electron chi connectivity index (χ2n) is 17.2. The van der Waals surface area contributed by atoms with Gasteiger partial charge in [0.2, 0.25) is 70.9 Å². The summed E-state index contributed by atoms with van der Waals surface area (Å²) >= 11 is 0. The summed E-state index contributed by atoms with van der Waals surface area (Å²) in [5.74, 6) is -13.3. The molecular weight excluding hydrogens is 960 g/mol. The van der Waals surface area contributed by atoms with Crippen LogP contribution in [0.5, 0.6) is 5.75 Å². The number of primary amides is 4. The number of benzene rings is 1. The molecule has 392 valence electrons. The van der Waals surface area contributed by atoms with Crippen LogP contribution < -0.4 is 69.6 Å². The molecule has 1 aromatic carbocycles.